The number of rotatable bonds is 6. The fourth-order valence-electron chi connectivity index (χ4n) is 4.36. The van der Waals surface area contributed by atoms with Crippen LogP contribution in [0.25, 0.3) is 0 Å². The summed E-state index contributed by atoms with van der Waals surface area (Å²) in [6, 6.07) is 13.3. The summed E-state index contributed by atoms with van der Waals surface area (Å²) in [4.78, 5) is 66.9. The molecule has 0 aromatic heterocycles. The maximum atomic E-state index is 13.1. The molecule has 4 rings (SSSR count). The van der Waals surface area contributed by atoms with E-state index in [1.165, 1.54) is 4.90 Å². The summed E-state index contributed by atoms with van der Waals surface area (Å²) in [5.41, 5.74) is 1.90. The van der Waals surface area contributed by atoms with Gasteiger partial charge in [-0.25, -0.2) is 0 Å². The van der Waals surface area contributed by atoms with Crippen molar-refractivity contribution in [3.05, 3.63) is 59.7 Å². The quantitative estimate of drug-likeness (QED) is 0.663. The first-order valence-corrected chi connectivity index (χ1v) is 11.2. The van der Waals surface area contributed by atoms with Gasteiger partial charge < -0.3 is 15.1 Å². The molecule has 176 valence electrons. The summed E-state index contributed by atoms with van der Waals surface area (Å²) in [7, 11) is 1.54. The van der Waals surface area contributed by atoms with Crippen molar-refractivity contribution in [3.63, 3.8) is 0 Å². The summed E-state index contributed by atoms with van der Waals surface area (Å²) < 4.78 is 0. The molecule has 0 fully saturated rings. The number of hydrogen-bond donors (Lipinski definition) is 1. The van der Waals surface area contributed by atoms with E-state index in [2.05, 4.69) is 5.32 Å². The van der Waals surface area contributed by atoms with Crippen LogP contribution in [0.5, 0.6) is 0 Å². The molecule has 0 aliphatic carbocycles. The van der Waals surface area contributed by atoms with Crippen LogP contribution in [0.3, 0.4) is 0 Å². The minimum atomic E-state index is -0.367. The second kappa shape index (κ2) is 9.46. The van der Waals surface area contributed by atoms with E-state index in [-0.39, 0.29) is 61.5 Å². The van der Waals surface area contributed by atoms with Crippen LogP contribution >= 0.6 is 0 Å². The van der Waals surface area contributed by atoms with Crippen LogP contribution in [-0.4, -0.2) is 65.5 Å². The number of carbonyl (C=O) groups is 5. The van der Waals surface area contributed by atoms with Gasteiger partial charge in [0.25, 0.3) is 11.8 Å². The van der Waals surface area contributed by atoms with Gasteiger partial charge in [0.2, 0.25) is 17.7 Å². The first-order valence-electron chi connectivity index (χ1n) is 11.2. The Morgan fingerprint density at radius 1 is 1.00 bits per heavy atom. The lowest BCUT2D eigenvalue weighted by Crippen LogP contribution is -2.45. The van der Waals surface area contributed by atoms with E-state index < -0.39 is 0 Å². The Kier molecular flexibility index (Phi) is 6.45. The number of para-hydroxylation sites is 2. The summed E-state index contributed by atoms with van der Waals surface area (Å²) in [6.07, 6.45) is 0.534. The highest BCUT2D eigenvalue weighted by Gasteiger charge is 2.35. The number of anilines is 2. The molecule has 0 saturated heterocycles. The Bertz CT molecular complexity index is 1140. The monoisotopic (exact) mass is 462 g/mol. The molecule has 5 amide bonds. The minimum absolute atomic E-state index is 0.0867. The highest BCUT2D eigenvalue weighted by atomic mass is 16.2. The molecule has 2 aliphatic heterocycles. The third-order valence-corrected chi connectivity index (χ3v) is 6.08. The molecule has 2 aliphatic rings. The maximum absolute atomic E-state index is 13.1. The zero-order valence-electron chi connectivity index (χ0n) is 19.1. The predicted octanol–water partition coefficient (Wildman–Crippen LogP) is 2.29. The zero-order chi connectivity index (χ0) is 24.4. The normalized spacial score (nSPS) is 17.1. The highest BCUT2D eigenvalue weighted by Crippen LogP contribution is 2.31. The molecule has 2 aromatic carbocycles. The Morgan fingerprint density at radius 2 is 1.62 bits per heavy atom. The molecule has 2 aromatic rings. The standard InChI is InChI=1S/C25H26N4O5/c1-16-14-21(30)26-19-10-5-6-11-20(19)29(16)23(32)15-27(2)22(31)12-7-13-28-24(33)17-8-3-4-9-18(17)25(28)34/h3-6,8-11,16H,7,12-15H2,1-2H3,(H,26,30)/t16-/m0/s1. The second-order valence-corrected chi connectivity index (χ2v) is 8.54. The van der Waals surface area contributed by atoms with Crippen molar-refractivity contribution in [2.24, 2.45) is 0 Å². The number of fused-ring (bicyclic) bond motifs is 2. The van der Waals surface area contributed by atoms with Gasteiger partial charge in [-0.05, 0) is 37.6 Å². The van der Waals surface area contributed by atoms with Crippen LogP contribution in [0, 0.1) is 0 Å². The second-order valence-electron chi connectivity index (χ2n) is 8.54. The molecule has 1 N–H and O–H groups in total. The minimum Gasteiger partial charge on any atom is -0.336 e. The molecule has 2 heterocycles. The first-order chi connectivity index (χ1) is 16.3. The lowest BCUT2D eigenvalue weighted by Gasteiger charge is -2.29. The Hall–Kier alpha value is -4.01. The molecule has 0 unspecified atom stereocenters. The van der Waals surface area contributed by atoms with Gasteiger partial charge in [-0.1, -0.05) is 24.3 Å². The van der Waals surface area contributed by atoms with Crippen molar-refractivity contribution in [3.8, 4) is 0 Å². The highest BCUT2D eigenvalue weighted by molar-refractivity contribution is 6.21. The number of nitrogens with zero attached hydrogens (tertiary/aromatic N) is 3. The summed E-state index contributed by atoms with van der Waals surface area (Å²) in [5.74, 6) is -1.45. The molecule has 0 radical (unpaired) electrons. The molecule has 1 atom stereocenters. The van der Waals surface area contributed by atoms with E-state index >= 15 is 0 Å². The van der Waals surface area contributed by atoms with E-state index in [0.29, 0.717) is 28.9 Å². The smallest absolute Gasteiger partial charge is 0.261 e. The Balaban J connectivity index is 1.34. The van der Waals surface area contributed by atoms with Crippen LogP contribution in [-0.2, 0) is 14.4 Å². The van der Waals surface area contributed by atoms with Crippen LogP contribution in [0.2, 0.25) is 0 Å². The van der Waals surface area contributed by atoms with Crippen molar-refractivity contribution in [2.45, 2.75) is 32.2 Å². The van der Waals surface area contributed by atoms with E-state index in [0.717, 1.165) is 4.90 Å². The lowest BCUT2D eigenvalue weighted by molar-refractivity contribution is -0.134. The largest absolute Gasteiger partial charge is 0.336 e. The topological polar surface area (TPSA) is 107 Å². The van der Waals surface area contributed by atoms with Crippen LogP contribution < -0.4 is 10.2 Å². The average Bonchev–Trinajstić information content (AvgIpc) is 2.96. The van der Waals surface area contributed by atoms with Crippen molar-refractivity contribution >= 4 is 40.9 Å². The SMILES string of the molecule is C[C@H]1CC(=O)Nc2ccccc2N1C(=O)CN(C)C(=O)CCCN1C(=O)c2ccccc2C1=O. The average molecular weight is 463 g/mol. The Morgan fingerprint density at radius 3 is 2.29 bits per heavy atom. The third kappa shape index (κ3) is 4.41. The molecule has 34 heavy (non-hydrogen) atoms. The van der Waals surface area contributed by atoms with Gasteiger partial charge in [0.1, 0.15) is 0 Å². The fraction of sp³-hybridized carbons (Fsp3) is 0.320. The van der Waals surface area contributed by atoms with Gasteiger partial charge in [-0.2, -0.15) is 0 Å². The number of carbonyl (C=O) groups excluding carboxylic acids is 5. The lowest BCUT2D eigenvalue weighted by atomic mass is 10.1. The molecular formula is C25H26N4O5. The van der Waals surface area contributed by atoms with Crippen LogP contribution in [0.4, 0.5) is 11.4 Å². The molecule has 9 nitrogen and oxygen atoms in total. The number of imide groups is 1. The summed E-state index contributed by atoms with van der Waals surface area (Å²) in [6.45, 7) is 1.77. The van der Waals surface area contributed by atoms with Crippen molar-refractivity contribution < 1.29 is 24.0 Å². The van der Waals surface area contributed by atoms with Crippen molar-refractivity contribution in [1.82, 2.24) is 9.80 Å². The van der Waals surface area contributed by atoms with Gasteiger partial charge in [0.15, 0.2) is 0 Å². The van der Waals surface area contributed by atoms with Gasteiger partial charge in [-0.15, -0.1) is 0 Å². The van der Waals surface area contributed by atoms with Crippen LogP contribution in [0.1, 0.15) is 46.9 Å². The predicted molar refractivity (Wildman–Crippen MR) is 125 cm³/mol. The number of likely N-dealkylation sites (N-methyl/N-ethyl adjacent to an activating group) is 1. The number of hydrogen-bond acceptors (Lipinski definition) is 5. The van der Waals surface area contributed by atoms with Gasteiger partial charge in [-0.3, -0.25) is 28.9 Å². The zero-order valence-corrected chi connectivity index (χ0v) is 19.1. The number of nitrogens with one attached hydrogen (secondary N) is 1. The van der Waals surface area contributed by atoms with Gasteiger partial charge in [0.05, 0.1) is 29.0 Å². The number of benzene rings is 2. The maximum Gasteiger partial charge on any atom is 0.261 e. The molecule has 0 bridgehead atoms. The number of amides is 5. The molecule has 9 heteroatoms. The summed E-state index contributed by atoms with van der Waals surface area (Å²) in [5, 5.41) is 2.81. The molecule has 0 spiro atoms. The first kappa shape index (κ1) is 23.2. The van der Waals surface area contributed by atoms with Gasteiger partial charge in [0, 0.05) is 32.5 Å². The van der Waals surface area contributed by atoms with E-state index in [9.17, 15) is 24.0 Å². The van der Waals surface area contributed by atoms with Crippen LogP contribution in [0.15, 0.2) is 48.5 Å². The van der Waals surface area contributed by atoms with Gasteiger partial charge >= 0.3 is 0 Å². The summed E-state index contributed by atoms with van der Waals surface area (Å²) >= 11 is 0. The third-order valence-electron chi connectivity index (χ3n) is 6.08. The van der Waals surface area contributed by atoms with Crippen molar-refractivity contribution in [1.29, 1.82) is 0 Å². The molecular weight excluding hydrogens is 436 g/mol. The Labute approximate surface area is 197 Å². The molecule has 0 saturated carbocycles. The van der Waals surface area contributed by atoms with E-state index in [1.54, 1.807) is 67.4 Å². The fourth-order valence-corrected chi connectivity index (χ4v) is 4.36. The van der Waals surface area contributed by atoms with E-state index in [4.69, 9.17) is 0 Å². The van der Waals surface area contributed by atoms with Crippen molar-refractivity contribution in [2.75, 3.05) is 30.4 Å². The van der Waals surface area contributed by atoms with E-state index in [1.807, 2.05) is 0 Å².